The molecular formula is C30H22N4. The molecule has 1 aromatic heterocycles. The summed E-state index contributed by atoms with van der Waals surface area (Å²) in [5.41, 5.74) is 8.51. The van der Waals surface area contributed by atoms with Gasteiger partial charge in [-0.15, -0.1) is 0 Å². The molecule has 5 rings (SSSR count). The van der Waals surface area contributed by atoms with Crippen LogP contribution in [0.25, 0.3) is 45.0 Å². The van der Waals surface area contributed by atoms with Gasteiger partial charge in [0, 0.05) is 35.0 Å². The van der Waals surface area contributed by atoms with Gasteiger partial charge in [0.05, 0.1) is 34.4 Å². The molecule has 0 unspecified atom stereocenters. The molecule has 162 valence electrons. The van der Waals surface area contributed by atoms with E-state index in [1.165, 1.54) is 0 Å². The lowest BCUT2D eigenvalue weighted by Crippen LogP contribution is -2.01. The monoisotopic (exact) mass is 438 g/mol. The molecule has 0 radical (unpaired) electrons. The molecule has 0 bridgehead atoms. The number of hydrogen-bond donors (Lipinski definition) is 1. The van der Waals surface area contributed by atoms with Crippen LogP contribution < -0.4 is 5.32 Å². The van der Waals surface area contributed by atoms with E-state index in [2.05, 4.69) is 35.7 Å². The largest absolute Gasteiger partial charge is 0.388 e. The Labute approximate surface area is 199 Å². The number of nitrogens with zero attached hydrogens (tertiary/aromatic N) is 3. The van der Waals surface area contributed by atoms with E-state index in [0.717, 1.165) is 50.7 Å². The minimum atomic E-state index is 0.587. The molecule has 34 heavy (non-hydrogen) atoms. The number of rotatable bonds is 5. The van der Waals surface area contributed by atoms with Crippen LogP contribution in [0.5, 0.6) is 0 Å². The summed E-state index contributed by atoms with van der Waals surface area (Å²) in [5.74, 6) is 0. The van der Waals surface area contributed by atoms with E-state index in [1.807, 2.05) is 85.9 Å². The van der Waals surface area contributed by atoms with Crippen LogP contribution in [0.15, 0.2) is 109 Å². The molecule has 0 aliphatic heterocycles. The SMILES string of the molecule is CNc1cccc(-c2nc(-c3cccc(C#N)c3)c(-c3ccccc3)nc2-c2ccccc2)c1. The highest BCUT2D eigenvalue weighted by atomic mass is 14.9. The Morgan fingerprint density at radius 1 is 0.559 bits per heavy atom. The van der Waals surface area contributed by atoms with Crippen LogP contribution in [0, 0.1) is 11.3 Å². The number of nitriles is 1. The Hall–Kier alpha value is -4.75. The fourth-order valence-corrected chi connectivity index (χ4v) is 3.99. The molecule has 0 aliphatic carbocycles. The van der Waals surface area contributed by atoms with Crippen molar-refractivity contribution in [1.82, 2.24) is 9.97 Å². The van der Waals surface area contributed by atoms with Gasteiger partial charge in [-0.1, -0.05) is 84.9 Å². The minimum absolute atomic E-state index is 0.587. The highest BCUT2D eigenvalue weighted by Crippen LogP contribution is 2.37. The molecule has 0 aliphatic rings. The summed E-state index contributed by atoms with van der Waals surface area (Å²) < 4.78 is 0. The molecule has 4 nitrogen and oxygen atoms in total. The van der Waals surface area contributed by atoms with Crippen molar-refractivity contribution in [1.29, 1.82) is 5.26 Å². The van der Waals surface area contributed by atoms with Gasteiger partial charge in [-0.25, -0.2) is 9.97 Å². The lowest BCUT2D eigenvalue weighted by atomic mass is 9.98. The molecule has 0 atom stereocenters. The molecule has 5 aromatic rings. The van der Waals surface area contributed by atoms with Crippen molar-refractivity contribution in [3.63, 3.8) is 0 Å². The molecule has 1 heterocycles. The first-order chi connectivity index (χ1) is 16.8. The lowest BCUT2D eigenvalue weighted by molar-refractivity contribution is 1.21. The molecule has 0 saturated carbocycles. The molecule has 1 N–H and O–H groups in total. The second kappa shape index (κ2) is 9.40. The summed E-state index contributed by atoms with van der Waals surface area (Å²) in [6.07, 6.45) is 0. The Morgan fingerprint density at radius 3 is 1.56 bits per heavy atom. The average molecular weight is 439 g/mol. The van der Waals surface area contributed by atoms with Gasteiger partial charge in [-0.2, -0.15) is 5.26 Å². The molecule has 0 amide bonds. The number of nitrogens with one attached hydrogen (secondary N) is 1. The standard InChI is InChI=1S/C30H22N4/c1-32-26-17-9-16-25(19-26)30-28(23-13-6-3-7-14-23)33-27(22-11-4-2-5-12-22)29(34-30)24-15-8-10-21(18-24)20-31/h2-19,32H,1H3. The molecule has 0 saturated heterocycles. The summed E-state index contributed by atoms with van der Waals surface area (Å²) >= 11 is 0. The van der Waals surface area contributed by atoms with Gasteiger partial charge in [-0.05, 0) is 24.3 Å². The highest BCUT2D eigenvalue weighted by molar-refractivity contribution is 5.87. The maximum Gasteiger partial charge on any atom is 0.0991 e. The predicted molar refractivity (Wildman–Crippen MR) is 138 cm³/mol. The van der Waals surface area contributed by atoms with E-state index in [9.17, 15) is 5.26 Å². The van der Waals surface area contributed by atoms with Crippen LogP contribution in [0.4, 0.5) is 5.69 Å². The van der Waals surface area contributed by atoms with Crippen molar-refractivity contribution in [2.75, 3.05) is 12.4 Å². The van der Waals surface area contributed by atoms with E-state index >= 15 is 0 Å². The average Bonchev–Trinajstić information content (AvgIpc) is 2.93. The van der Waals surface area contributed by atoms with Gasteiger partial charge < -0.3 is 5.32 Å². The van der Waals surface area contributed by atoms with Crippen molar-refractivity contribution in [2.24, 2.45) is 0 Å². The number of hydrogen-bond acceptors (Lipinski definition) is 4. The second-order valence-electron chi connectivity index (χ2n) is 7.87. The Bertz CT molecular complexity index is 1490. The van der Waals surface area contributed by atoms with Crippen LogP contribution in [-0.2, 0) is 0 Å². The molecule has 4 aromatic carbocycles. The molecule has 0 spiro atoms. The first-order valence-corrected chi connectivity index (χ1v) is 11.1. The third kappa shape index (κ3) is 4.15. The Morgan fingerprint density at radius 2 is 1.03 bits per heavy atom. The van der Waals surface area contributed by atoms with E-state index in [0.29, 0.717) is 5.56 Å². The zero-order valence-corrected chi connectivity index (χ0v) is 18.7. The van der Waals surface area contributed by atoms with Crippen LogP contribution >= 0.6 is 0 Å². The lowest BCUT2D eigenvalue weighted by Gasteiger charge is -2.16. The topological polar surface area (TPSA) is 61.6 Å². The quantitative estimate of drug-likeness (QED) is 0.319. The Balaban J connectivity index is 1.85. The summed E-state index contributed by atoms with van der Waals surface area (Å²) in [6, 6.07) is 38.1. The summed E-state index contributed by atoms with van der Waals surface area (Å²) in [4.78, 5) is 10.4. The smallest absolute Gasteiger partial charge is 0.0991 e. The number of benzene rings is 4. The first kappa shape index (κ1) is 21.1. The molecule has 0 fully saturated rings. The number of aromatic nitrogens is 2. The van der Waals surface area contributed by atoms with Crippen molar-refractivity contribution in [2.45, 2.75) is 0 Å². The van der Waals surface area contributed by atoms with Gasteiger partial charge in [0.1, 0.15) is 0 Å². The minimum Gasteiger partial charge on any atom is -0.388 e. The van der Waals surface area contributed by atoms with Crippen LogP contribution in [0.2, 0.25) is 0 Å². The van der Waals surface area contributed by atoms with E-state index in [-0.39, 0.29) is 0 Å². The van der Waals surface area contributed by atoms with Crippen molar-refractivity contribution in [3.8, 4) is 51.1 Å². The van der Waals surface area contributed by atoms with Gasteiger partial charge in [0.2, 0.25) is 0 Å². The summed E-state index contributed by atoms with van der Waals surface area (Å²) in [7, 11) is 1.90. The summed E-state index contributed by atoms with van der Waals surface area (Å²) in [6.45, 7) is 0. The normalized spacial score (nSPS) is 10.5. The van der Waals surface area contributed by atoms with Crippen LogP contribution in [-0.4, -0.2) is 17.0 Å². The molecule has 4 heteroatoms. The number of anilines is 1. The zero-order chi connectivity index (χ0) is 23.3. The maximum atomic E-state index is 9.49. The Kier molecular flexibility index (Phi) is 5.84. The van der Waals surface area contributed by atoms with Gasteiger partial charge in [-0.3, -0.25) is 0 Å². The van der Waals surface area contributed by atoms with Crippen LogP contribution in [0.3, 0.4) is 0 Å². The third-order valence-electron chi connectivity index (χ3n) is 5.68. The summed E-state index contributed by atoms with van der Waals surface area (Å²) in [5, 5.41) is 12.7. The fraction of sp³-hybridized carbons (Fsp3) is 0.0333. The second-order valence-corrected chi connectivity index (χ2v) is 7.87. The van der Waals surface area contributed by atoms with Gasteiger partial charge >= 0.3 is 0 Å². The maximum absolute atomic E-state index is 9.49. The van der Waals surface area contributed by atoms with Crippen molar-refractivity contribution in [3.05, 3.63) is 115 Å². The van der Waals surface area contributed by atoms with Gasteiger partial charge in [0.25, 0.3) is 0 Å². The predicted octanol–water partition coefficient (Wildman–Crippen LogP) is 7.06. The highest BCUT2D eigenvalue weighted by Gasteiger charge is 2.19. The van der Waals surface area contributed by atoms with Gasteiger partial charge in [0.15, 0.2) is 0 Å². The first-order valence-electron chi connectivity index (χ1n) is 11.1. The molecular weight excluding hydrogens is 416 g/mol. The third-order valence-corrected chi connectivity index (χ3v) is 5.68. The van der Waals surface area contributed by atoms with E-state index < -0.39 is 0 Å². The van der Waals surface area contributed by atoms with Crippen molar-refractivity contribution < 1.29 is 0 Å². The zero-order valence-electron chi connectivity index (χ0n) is 18.7. The van der Waals surface area contributed by atoms with Crippen LogP contribution in [0.1, 0.15) is 5.56 Å². The van der Waals surface area contributed by atoms with Crippen molar-refractivity contribution >= 4 is 5.69 Å². The van der Waals surface area contributed by atoms with E-state index in [4.69, 9.17) is 9.97 Å². The fourth-order valence-electron chi connectivity index (χ4n) is 3.99. The van der Waals surface area contributed by atoms with E-state index in [1.54, 1.807) is 6.07 Å².